The molecule has 0 unspecified atom stereocenters. The molecule has 6 nitrogen and oxygen atoms in total. The normalized spacial score (nSPS) is 15.5. The number of halogens is 1. The molecule has 28 heavy (non-hydrogen) atoms. The molecule has 0 amide bonds. The summed E-state index contributed by atoms with van der Waals surface area (Å²) in [5.74, 6) is 0.487. The van der Waals surface area contributed by atoms with E-state index in [0.29, 0.717) is 22.6 Å². The second-order valence-corrected chi connectivity index (χ2v) is 7.58. The van der Waals surface area contributed by atoms with Crippen LogP contribution in [0.2, 0.25) is 0 Å². The van der Waals surface area contributed by atoms with Crippen LogP contribution in [-0.4, -0.2) is 37.9 Å². The number of aromatic nitrogens is 5. The largest absolute Gasteiger partial charge is 0.317 e. The fraction of sp³-hybridized carbons (Fsp3) is 0.333. The van der Waals surface area contributed by atoms with Gasteiger partial charge >= 0.3 is 0 Å². The Balaban J connectivity index is 1.59. The van der Waals surface area contributed by atoms with E-state index >= 15 is 0 Å². The van der Waals surface area contributed by atoms with Crippen LogP contribution in [0.1, 0.15) is 35.7 Å². The Morgan fingerprint density at radius 3 is 2.71 bits per heavy atom. The third-order valence-corrected chi connectivity index (χ3v) is 5.44. The van der Waals surface area contributed by atoms with Gasteiger partial charge in [-0.2, -0.15) is 5.10 Å². The van der Waals surface area contributed by atoms with Crippen molar-refractivity contribution in [3.05, 3.63) is 53.2 Å². The second kappa shape index (κ2) is 6.60. The number of nitrogens with one attached hydrogen (secondary N) is 1. The van der Waals surface area contributed by atoms with E-state index in [1.165, 1.54) is 6.07 Å². The van der Waals surface area contributed by atoms with Crippen LogP contribution in [0, 0.1) is 19.7 Å². The summed E-state index contributed by atoms with van der Waals surface area (Å²) in [6, 6.07) is 7.37. The monoisotopic (exact) mass is 376 g/mol. The first kappa shape index (κ1) is 17.2. The van der Waals surface area contributed by atoms with Crippen LogP contribution in [0.3, 0.4) is 0 Å². The lowest BCUT2D eigenvalue weighted by molar-refractivity contribution is 0.442. The molecule has 0 saturated carbocycles. The minimum absolute atomic E-state index is 0.237. The topological polar surface area (TPSA) is 68.0 Å². The number of hydrogen-bond acceptors (Lipinski definition) is 5. The molecule has 0 spiro atoms. The molecule has 3 aromatic heterocycles. The van der Waals surface area contributed by atoms with Gasteiger partial charge in [-0.15, -0.1) is 10.2 Å². The highest BCUT2D eigenvalue weighted by Crippen LogP contribution is 2.28. The number of nitrogens with zero attached hydrogens (tertiary/aromatic N) is 5. The van der Waals surface area contributed by atoms with E-state index in [0.717, 1.165) is 42.6 Å². The Morgan fingerprint density at radius 1 is 1.07 bits per heavy atom. The first-order valence-electron chi connectivity index (χ1n) is 9.60. The number of hydrogen-bond donors (Lipinski definition) is 1. The van der Waals surface area contributed by atoms with Crippen molar-refractivity contribution in [2.24, 2.45) is 0 Å². The molecule has 142 valence electrons. The zero-order valence-corrected chi connectivity index (χ0v) is 15.9. The molecule has 1 aliphatic heterocycles. The summed E-state index contributed by atoms with van der Waals surface area (Å²) in [6.45, 7) is 5.93. The third kappa shape index (κ3) is 2.92. The van der Waals surface area contributed by atoms with E-state index in [4.69, 9.17) is 0 Å². The van der Waals surface area contributed by atoms with E-state index < -0.39 is 0 Å². The van der Waals surface area contributed by atoms with Crippen molar-refractivity contribution in [2.75, 3.05) is 13.1 Å². The number of aryl methyl sites for hydroxylation is 2. The quantitative estimate of drug-likeness (QED) is 0.579. The summed E-state index contributed by atoms with van der Waals surface area (Å²) in [5, 5.41) is 16.5. The summed E-state index contributed by atoms with van der Waals surface area (Å²) in [4.78, 5) is 4.50. The maximum atomic E-state index is 14.9. The molecular formula is C21H21FN6. The minimum atomic E-state index is -0.388. The molecule has 1 saturated heterocycles. The van der Waals surface area contributed by atoms with Crippen LogP contribution in [0.25, 0.3) is 27.8 Å². The Bertz CT molecular complexity index is 1190. The van der Waals surface area contributed by atoms with Gasteiger partial charge in [-0.25, -0.2) is 13.9 Å². The molecule has 4 aromatic rings. The number of benzene rings is 1. The van der Waals surface area contributed by atoms with Crippen molar-refractivity contribution < 1.29 is 4.39 Å². The van der Waals surface area contributed by atoms with Crippen molar-refractivity contribution in [1.29, 1.82) is 0 Å². The lowest BCUT2D eigenvalue weighted by atomic mass is 9.97. The molecule has 4 heterocycles. The fourth-order valence-electron chi connectivity index (χ4n) is 3.94. The average molecular weight is 376 g/mol. The zero-order valence-electron chi connectivity index (χ0n) is 15.9. The van der Waals surface area contributed by atoms with Crippen LogP contribution in [0.15, 0.2) is 30.5 Å². The first-order valence-corrected chi connectivity index (χ1v) is 9.60. The van der Waals surface area contributed by atoms with Crippen molar-refractivity contribution >= 4 is 16.6 Å². The van der Waals surface area contributed by atoms with Gasteiger partial charge in [0.15, 0.2) is 11.6 Å². The van der Waals surface area contributed by atoms with Crippen LogP contribution in [0.4, 0.5) is 4.39 Å². The minimum Gasteiger partial charge on any atom is -0.317 e. The Hall–Kier alpha value is -2.93. The summed E-state index contributed by atoms with van der Waals surface area (Å²) < 4.78 is 16.8. The zero-order chi connectivity index (χ0) is 19.3. The fourth-order valence-corrected chi connectivity index (χ4v) is 3.94. The molecule has 7 heteroatoms. The summed E-state index contributed by atoms with van der Waals surface area (Å²) in [6.07, 6.45) is 3.87. The van der Waals surface area contributed by atoms with Crippen LogP contribution < -0.4 is 5.32 Å². The molecule has 0 radical (unpaired) electrons. The molecule has 5 rings (SSSR count). The van der Waals surface area contributed by atoms with Crippen LogP contribution >= 0.6 is 0 Å². The van der Waals surface area contributed by atoms with Crippen molar-refractivity contribution in [2.45, 2.75) is 32.6 Å². The predicted molar refractivity (Wildman–Crippen MR) is 106 cm³/mol. The van der Waals surface area contributed by atoms with E-state index in [1.807, 2.05) is 36.7 Å². The summed E-state index contributed by atoms with van der Waals surface area (Å²) in [5.41, 5.74) is 5.38. The molecule has 0 atom stereocenters. The lowest BCUT2D eigenvalue weighted by Gasteiger charge is -2.20. The highest BCUT2D eigenvalue weighted by Gasteiger charge is 2.20. The van der Waals surface area contributed by atoms with Gasteiger partial charge in [-0.05, 0) is 75.2 Å². The Kier molecular flexibility index (Phi) is 4.05. The number of piperidine rings is 1. The molecule has 0 aliphatic carbocycles. The van der Waals surface area contributed by atoms with Gasteiger partial charge in [0.2, 0.25) is 0 Å². The molecule has 1 N–H and O–H groups in total. The van der Waals surface area contributed by atoms with Gasteiger partial charge in [0, 0.05) is 17.7 Å². The third-order valence-electron chi connectivity index (χ3n) is 5.44. The van der Waals surface area contributed by atoms with Crippen LogP contribution in [-0.2, 0) is 0 Å². The van der Waals surface area contributed by atoms with E-state index in [1.54, 1.807) is 0 Å². The van der Waals surface area contributed by atoms with Crippen molar-refractivity contribution in [1.82, 2.24) is 30.1 Å². The van der Waals surface area contributed by atoms with Gasteiger partial charge < -0.3 is 5.32 Å². The van der Waals surface area contributed by atoms with E-state index in [2.05, 4.69) is 31.7 Å². The van der Waals surface area contributed by atoms with Crippen LogP contribution in [0.5, 0.6) is 0 Å². The van der Waals surface area contributed by atoms with E-state index in [-0.39, 0.29) is 17.3 Å². The standard InChI is InChI=1S/C21H21FN6/c1-12-7-19-13(2)8-17(27-28(19)11-12)15-9-16(22)20-18(10-15)25-26-21(24-20)14-3-5-23-6-4-14/h7-11,14,23H,3-6H2,1-2H3. The SMILES string of the molecule is Cc1cc2c(C)cc(-c3cc(F)c4nc(C5CCNCC5)nnc4c3)nn2c1. The van der Waals surface area contributed by atoms with Gasteiger partial charge in [0.25, 0.3) is 0 Å². The predicted octanol–water partition coefficient (Wildman–Crippen LogP) is 3.56. The van der Waals surface area contributed by atoms with E-state index in [9.17, 15) is 4.39 Å². The molecule has 1 aromatic carbocycles. The average Bonchev–Trinajstić information content (AvgIpc) is 3.09. The van der Waals surface area contributed by atoms with Gasteiger partial charge in [-0.3, -0.25) is 0 Å². The molecular weight excluding hydrogens is 355 g/mol. The maximum absolute atomic E-state index is 14.9. The van der Waals surface area contributed by atoms with Gasteiger partial charge in [0.05, 0.1) is 11.2 Å². The Morgan fingerprint density at radius 2 is 1.89 bits per heavy atom. The first-order chi connectivity index (χ1) is 13.6. The molecule has 0 bridgehead atoms. The smallest absolute Gasteiger partial charge is 0.154 e. The highest BCUT2D eigenvalue weighted by atomic mass is 19.1. The lowest BCUT2D eigenvalue weighted by Crippen LogP contribution is -2.27. The van der Waals surface area contributed by atoms with Gasteiger partial charge in [0.1, 0.15) is 11.0 Å². The Labute approximate surface area is 161 Å². The molecule has 1 fully saturated rings. The highest BCUT2D eigenvalue weighted by molar-refractivity contribution is 5.81. The van der Waals surface area contributed by atoms with Gasteiger partial charge in [-0.1, -0.05) is 0 Å². The maximum Gasteiger partial charge on any atom is 0.154 e. The number of fused-ring (bicyclic) bond motifs is 2. The second-order valence-electron chi connectivity index (χ2n) is 7.58. The summed E-state index contributed by atoms with van der Waals surface area (Å²) >= 11 is 0. The summed E-state index contributed by atoms with van der Waals surface area (Å²) in [7, 11) is 0. The van der Waals surface area contributed by atoms with Crippen molar-refractivity contribution in [3.8, 4) is 11.3 Å². The molecule has 1 aliphatic rings. The number of rotatable bonds is 2. The van der Waals surface area contributed by atoms with Crippen molar-refractivity contribution in [3.63, 3.8) is 0 Å².